The third kappa shape index (κ3) is 4.14. The first-order valence-corrected chi connectivity index (χ1v) is 9.71. The molecule has 2 aromatic heterocycles. The molecule has 31 heavy (non-hydrogen) atoms. The third-order valence-corrected chi connectivity index (χ3v) is 4.92. The van der Waals surface area contributed by atoms with E-state index < -0.39 is 16.9 Å². The number of carbonyl (C=O) groups is 1. The minimum Gasteiger partial charge on any atom is -0.384 e. The summed E-state index contributed by atoms with van der Waals surface area (Å²) in [5.74, 6) is 5.19. The highest BCUT2D eigenvalue weighted by Crippen LogP contribution is 2.21. The molecule has 1 amide bonds. The van der Waals surface area contributed by atoms with Gasteiger partial charge in [-0.25, -0.2) is 4.98 Å². The zero-order valence-electron chi connectivity index (χ0n) is 17.6. The lowest BCUT2D eigenvalue weighted by Crippen LogP contribution is -2.30. The molecule has 0 aliphatic carbocycles. The molecule has 0 saturated heterocycles. The fraction of sp³-hybridized carbons (Fsp3) is 0.261. The second kappa shape index (κ2) is 9.00. The van der Waals surface area contributed by atoms with Crippen LogP contribution in [0.15, 0.2) is 47.3 Å². The van der Waals surface area contributed by atoms with E-state index in [0.717, 1.165) is 0 Å². The van der Waals surface area contributed by atoms with Crippen molar-refractivity contribution in [3.63, 3.8) is 0 Å². The number of nitrogens with zero attached hydrogens (tertiary/aromatic N) is 2. The van der Waals surface area contributed by atoms with Crippen molar-refractivity contribution in [3.8, 4) is 11.8 Å². The van der Waals surface area contributed by atoms with Gasteiger partial charge >= 0.3 is 0 Å². The van der Waals surface area contributed by atoms with Gasteiger partial charge in [0.15, 0.2) is 5.60 Å². The lowest BCUT2D eigenvalue weighted by molar-refractivity contribution is 0.0105. The van der Waals surface area contributed by atoms with Crippen molar-refractivity contribution in [1.82, 2.24) is 14.9 Å². The van der Waals surface area contributed by atoms with Crippen molar-refractivity contribution in [1.29, 1.82) is 0 Å². The van der Waals surface area contributed by atoms with Crippen LogP contribution >= 0.6 is 0 Å². The van der Waals surface area contributed by atoms with E-state index in [1.807, 2.05) is 13.0 Å². The van der Waals surface area contributed by atoms with E-state index in [1.165, 1.54) is 14.2 Å². The van der Waals surface area contributed by atoms with Crippen LogP contribution in [0.3, 0.4) is 0 Å². The van der Waals surface area contributed by atoms with Gasteiger partial charge in [0.2, 0.25) is 5.43 Å². The minimum absolute atomic E-state index is 0.0281. The van der Waals surface area contributed by atoms with Crippen LogP contribution in [-0.4, -0.2) is 41.3 Å². The van der Waals surface area contributed by atoms with Crippen LogP contribution in [0.5, 0.6) is 0 Å². The maximum Gasteiger partial charge on any atom is 0.258 e. The number of aromatic nitrogens is 2. The summed E-state index contributed by atoms with van der Waals surface area (Å²) in [5.41, 5.74) is 5.23. The smallest absolute Gasteiger partial charge is 0.258 e. The van der Waals surface area contributed by atoms with E-state index in [4.69, 9.17) is 10.5 Å². The van der Waals surface area contributed by atoms with Gasteiger partial charge in [-0.05, 0) is 30.5 Å². The van der Waals surface area contributed by atoms with Crippen molar-refractivity contribution in [2.45, 2.75) is 19.1 Å². The molecule has 0 radical (unpaired) electrons. The van der Waals surface area contributed by atoms with Gasteiger partial charge in [-0.3, -0.25) is 9.59 Å². The monoisotopic (exact) mass is 420 g/mol. The Morgan fingerprint density at radius 2 is 2.00 bits per heavy atom. The van der Waals surface area contributed by atoms with E-state index in [-0.39, 0.29) is 23.4 Å². The lowest BCUT2D eigenvalue weighted by atomic mass is 9.95. The molecule has 0 bridgehead atoms. The average Bonchev–Trinajstić information content (AvgIpc) is 2.78. The zero-order valence-corrected chi connectivity index (χ0v) is 17.6. The van der Waals surface area contributed by atoms with Crippen LogP contribution in [0.25, 0.3) is 11.0 Å². The minimum atomic E-state index is -1.53. The number of aliphatic hydroxyl groups is 1. The number of fused-ring (bicyclic) bond motifs is 1. The highest BCUT2D eigenvalue weighted by molar-refractivity contribution is 6.01. The van der Waals surface area contributed by atoms with Crippen LogP contribution in [0.2, 0.25) is 0 Å². The Morgan fingerprint density at radius 3 is 2.61 bits per heavy atom. The molecular formula is C23H24N4O4. The summed E-state index contributed by atoms with van der Waals surface area (Å²) in [6, 6.07) is 12.1. The van der Waals surface area contributed by atoms with E-state index in [1.54, 1.807) is 41.0 Å². The number of hydrogen-bond acceptors (Lipinski definition) is 6. The van der Waals surface area contributed by atoms with Crippen molar-refractivity contribution in [2.24, 2.45) is 0 Å². The number of anilines is 1. The Bertz CT molecular complexity index is 1240. The SMILES string of the molecule is CCn1c(N)c(C(=O)NC)c(=O)c2ccc(C#CC(O)(COC)c3ccccc3)nc21. The molecule has 1 aromatic carbocycles. The molecule has 8 heteroatoms. The standard InChI is InChI=1S/C23H24N4O4/c1-4-27-20(24)18(22(29)25-2)19(28)17-11-10-16(26-21(17)27)12-13-23(30,14-31-3)15-8-6-5-7-9-15/h5-11,30H,4,14,24H2,1-3H3,(H,25,29). The van der Waals surface area contributed by atoms with Crippen molar-refractivity contribution in [2.75, 3.05) is 26.5 Å². The Morgan fingerprint density at radius 1 is 1.29 bits per heavy atom. The Kier molecular flexibility index (Phi) is 6.39. The second-order valence-corrected chi connectivity index (χ2v) is 6.89. The lowest BCUT2D eigenvalue weighted by Gasteiger charge is -2.21. The predicted molar refractivity (Wildman–Crippen MR) is 119 cm³/mol. The number of hydrogen-bond donors (Lipinski definition) is 3. The highest BCUT2D eigenvalue weighted by Gasteiger charge is 2.27. The van der Waals surface area contributed by atoms with Gasteiger partial charge in [-0.2, -0.15) is 0 Å². The predicted octanol–water partition coefficient (Wildman–Crippen LogP) is 1.24. The van der Waals surface area contributed by atoms with Gasteiger partial charge in [0.1, 0.15) is 22.7 Å². The molecule has 1 unspecified atom stereocenters. The third-order valence-electron chi connectivity index (χ3n) is 4.92. The molecule has 3 aromatic rings. The van der Waals surface area contributed by atoms with Crippen molar-refractivity contribution < 1.29 is 14.6 Å². The van der Waals surface area contributed by atoms with Crippen LogP contribution in [0.4, 0.5) is 5.82 Å². The number of rotatable bonds is 5. The van der Waals surface area contributed by atoms with Gasteiger partial charge < -0.3 is 25.5 Å². The summed E-state index contributed by atoms with van der Waals surface area (Å²) < 4.78 is 6.75. The van der Waals surface area contributed by atoms with Crippen LogP contribution < -0.4 is 16.5 Å². The Labute approximate surface area is 179 Å². The van der Waals surface area contributed by atoms with Gasteiger partial charge in [0, 0.05) is 20.7 Å². The van der Waals surface area contributed by atoms with Crippen LogP contribution in [0, 0.1) is 11.8 Å². The van der Waals surface area contributed by atoms with Gasteiger partial charge in [-0.1, -0.05) is 36.3 Å². The highest BCUT2D eigenvalue weighted by atomic mass is 16.5. The normalized spacial score (nSPS) is 12.6. The molecule has 0 fully saturated rings. The molecular weight excluding hydrogens is 396 g/mol. The van der Waals surface area contributed by atoms with Gasteiger partial charge in [0.05, 0.1) is 12.0 Å². The molecule has 0 aliphatic heterocycles. The average molecular weight is 420 g/mol. The number of nitrogens with two attached hydrogens (primary N) is 1. The molecule has 0 spiro atoms. The maximum absolute atomic E-state index is 12.8. The topological polar surface area (TPSA) is 119 Å². The summed E-state index contributed by atoms with van der Waals surface area (Å²) in [6.45, 7) is 2.20. The maximum atomic E-state index is 12.8. The van der Waals surface area contributed by atoms with Gasteiger partial charge in [-0.15, -0.1) is 0 Å². The number of benzene rings is 1. The molecule has 0 saturated carbocycles. The summed E-state index contributed by atoms with van der Waals surface area (Å²) >= 11 is 0. The molecule has 3 rings (SSSR count). The number of nitrogens with one attached hydrogen (secondary N) is 1. The quantitative estimate of drug-likeness (QED) is 0.535. The summed E-state index contributed by atoms with van der Waals surface area (Å²) in [7, 11) is 2.92. The number of nitrogen functional groups attached to an aromatic ring is 1. The van der Waals surface area contributed by atoms with E-state index >= 15 is 0 Å². The largest absolute Gasteiger partial charge is 0.384 e. The summed E-state index contributed by atoms with van der Waals surface area (Å²) in [4.78, 5) is 29.5. The number of ether oxygens (including phenoxy) is 1. The van der Waals surface area contributed by atoms with Crippen LogP contribution in [-0.2, 0) is 16.9 Å². The first-order chi connectivity index (χ1) is 14.9. The summed E-state index contributed by atoms with van der Waals surface area (Å²) in [5, 5.41) is 13.7. The Balaban J connectivity index is 2.16. The first-order valence-electron chi connectivity index (χ1n) is 9.71. The van der Waals surface area contributed by atoms with Crippen LogP contribution in [0.1, 0.15) is 28.5 Å². The number of aryl methyl sites for hydroxylation is 1. The Hall–Kier alpha value is -3.67. The molecule has 2 heterocycles. The zero-order chi connectivity index (χ0) is 22.6. The van der Waals surface area contributed by atoms with E-state index in [9.17, 15) is 14.7 Å². The van der Waals surface area contributed by atoms with Gasteiger partial charge in [0.25, 0.3) is 5.91 Å². The van der Waals surface area contributed by atoms with Crippen molar-refractivity contribution >= 4 is 22.8 Å². The number of methoxy groups -OCH3 is 1. The molecule has 160 valence electrons. The second-order valence-electron chi connectivity index (χ2n) is 6.89. The number of pyridine rings is 2. The molecule has 8 nitrogen and oxygen atoms in total. The first kappa shape index (κ1) is 22.0. The van der Waals surface area contributed by atoms with E-state index in [0.29, 0.717) is 23.4 Å². The number of carbonyl (C=O) groups excluding carboxylic acids is 1. The fourth-order valence-electron chi connectivity index (χ4n) is 3.35. The molecule has 1 atom stereocenters. The summed E-state index contributed by atoms with van der Waals surface area (Å²) in [6.07, 6.45) is 0. The molecule has 4 N–H and O–H groups in total. The number of amides is 1. The fourth-order valence-corrected chi connectivity index (χ4v) is 3.35. The van der Waals surface area contributed by atoms with E-state index in [2.05, 4.69) is 22.1 Å². The molecule has 0 aliphatic rings. The van der Waals surface area contributed by atoms with Crippen molar-refractivity contribution in [3.05, 3.63) is 69.5 Å².